The van der Waals surface area contributed by atoms with Crippen molar-refractivity contribution in [3.8, 4) is 5.75 Å². The van der Waals surface area contributed by atoms with E-state index in [0.29, 0.717) is 11.3 Å². The number of rotatable bonds is 5. The third-order valence-electron chi connectivity index (χ3n) is 5.14. The van der Waals surface area contributed by atoms with Crippen molar-refractivity contribution in [1.82, 2.24) is 0 Å². The molecule has 2 atom stereocenters. The summed E-state index contributed by atoms with van der Waals surface area (Å²) in [6.45, 7) is 7.48. The van der Waals surface area contributed by atoms with E-state index in [2.05, 4.69) is 6.92 Å². The summed E-state index contributed by atoms with van der Waals surface area (Å²) in [5.41, 5.74) is 7.15. The number of anilines is 1. The maximum absolute atomic E-state index is 12.6. The first-order valence-electron chi connectivity index (χ1n) is 9.84. The van der Waals surface area contributed by atoms with Gasteiger partial charge in [-0.25, -0.2) is 4.79 Å². The monoisotopic (exact) mass is 388 g/mol. The number of nitrogens with two attached hydrogens (primary N) is 1. The number of ether oxygens (including phenoxy) is 1. The van der Waals surface area contributed by atoms with Gasteiger partial charge >= 0.3 is 6.09 Å². The number of nitrogens with zero attached hydrogens (tertiary/aromatic N) is 1. The molecule has 28 heavy (non-hydrogen) atoms. The summed E-state index contributed by atoms with van der Waals surface area (Å²) in [4.78, 5) is 26.0. The maximum atomic E-state index is 12.6. The third-order valence-corrected chi connectivity index (χ3v) is 5.14. The van der Waals surface area contributed by atoms with E-state index in [4.69, 9.17) is 10.5 Å². The molecule has 0 aromatic heterocycles. The van der Waals surface area contributed by atoms with Crippen LogP contribution in [0, 0.1) is 5.92 Å². The first-order valence-corrected chi connectivity index (χ1v) is 9.84. The zero-order chi connectivity index (χ0) is 21.1. The number of amides is 2. The van der Waals surface area contributed by atoms with Gasteiger partial charge in [-0.2, -0.15) is 0 Å². The minimum atomic E-state index is -0.627. The number of phenols is 1. The van der Waals surface area contributed by atoms with Gasteiger partial charge in [-0.3, -0.25) is 9.69 Å². The number of allylic oxidation sites excluding steroid dienone is 1. The third kappa shape index (κ3) is 5.06. The topological polar surface area (TPSA) is 92.9 Å². The van der Waals surface area contributed by atoms with E-state index in [1.807, 2.05) is 32.9 Å². The first kappa shape index (κ1) is 21.8. The van der Waals surface area contributed by atoms with Crippen molar-refractivity contribution in [3.05, 3.63) is 35.4 Å². The Bertz CT molecular complexity index is 764. The van der Waals surface area contributed by atoms with Crippen LogP contribution in [0.1, 0.15) is 64.9 Å². The van der Waals surface area contributed by atoms with Gasteiger partial charge in [0.1, 0.15) is 11.4 Å². The summed E-state index contributed by atoms with van der Waals surface area (Å²) in [7, 11) is 1.63. The van der Waals surface area contributed by atoms with Gasteiger partial charge in [0.2, 0.25) is 5.91 Å². The molecule has 154 valence electrons. The summed E-state index contributed by atoms with van der Waals surface area (Å²) in [6.07, 6.45) is 4.93. The highest BCUT2D eigenvalue weighted by atomic mass is 16.6. The van der Waals surface area contributed by atoms with Gasteiger partial charge < -0.3 is 15.6 Å². The van der Waals surface area contributed by atoms with Crippen LogP contribution in [0.15, 0.2) is 29.8 Å². The fourth-order valence-corrected chi connectivity index (χ4v) is 3.89. The molecule has 2 rings (SSSR count). The lowest BCUT2D eigenvalue weighted by Gasteiger charge is -2.33. The van der Waals surface area contributed by atoms with E-state index in [9.17, 15) is 14.7 Å². The quantitative estimate of drug-likeness (QED) is 0.778. The highest BCUT2D eigenvalue weighted by Gasteiger charge is 2.32. The van der Waals surface area contributed by atoms with E-state index in [1.54, 1.807) is 19.2 Å². The molecular formula is C22H32N2O4. The molecule has 0 aliphatic heterocycles. The number of carbonyl (C=O) groups is 2. The van der Waals surface area contributed by atoms with Crippen molar-refractivity contribution in [2.75, 3.05) is 11.9 Å². The SMILES string of the molecule is CCC(c1ccc(O)cc1N(C)C(=O)OC(C)(C)C)C1CCCC=C1C(N)=O. The molecule has 3 N–H and O–H groups in total. The number of hydrogen-bond donors (Lipinski definition) is 2. The number of hydrogen-bond acceptors (Lipinski definition) is 4. The standard InChI is InChI=1S/C22H32N2O4/c1-6-15(16-9-7-8-10-18(16)20(23)26)17-12-11-14(25)13-19(17)24(5)21(27)28-22(2,3)4/h10-13,15-16,25H,6-9H2,1-5H3,(H2,23,26). The smallest absolute Gasteiger partial charge is 0.414 e. The van der Waals surface area contributed by atoms with Crippen molar-refractivity contribution in [1.29, 1.82) is 0 Å². The molecule has 0 bridgehead atoms. The molecule has 0 spiro atoms. The van der Waals surface area contributed by atoms with Crippen LogP contribution in [0.3, 0.4) is 0 Å². The molecule has 0 saturated carbocycles. The summed E-state index contributed by atoms with van der Waals surface area (Å²) in [6, 6.07) is 5.01. The van der Waals surface area contributed by atoms with Gasteiger partial charge in [-0.1, -0.05) is 19.1 Å². The van der Waals surface area contributed by atoms with Gasteiger partial charge in [0.15, 0.2) is 0 Å². The van der Waals surface area contributed by atoms with Crippen LogP contribution in [0.25, 0.3) is 0 Å². The molecule has 1 aliphatic rings. The lowest BCUT2D eigenvalue weighted by Crippen LogP contribution is -2.35. The van der Waals surface area contributed by atoms with E-state index in [1.165, 1.54) is 4.90 Å². The van der Waals surface area contributed by atoms with E-state index in [-0.39, 0.29) is 23.5 Å². The molecule has 6 nitrogen and oxygen atoms in total. The molecule has 0 fully saturated rings. The molecule has 0 heterocycles. The number of primary amides is 1. The Hall–Kier alpha value is -2.50. The van der Waals surface area contributed by atoms with Gasteiger partial charge in [-0.15, -0.1) is 0 Å². The summed E-state index contributed by atoms with van der Waals surface area (Å²) in [5.74, 6) is -0.326. The van der Waals surface area contributed by atoms with Crippen LogP contribution >= 0.6 is 0 Å². The predicted molar refractivity (Wildman–Crippen MR) is 110 cm³/mol. The van der Waals surface area contributed by atoms with Crippen molar-refractivity contribution in [3.63, 3.8) is 0 Å². The average molecular weight is 389 g/mol. The summed E-state index contributed by atoms with van der Waals surface area (Å²) < 4.78 is 5.49. The molecule has 1 aromatic carbocycles. The second kappa shape index (κ2) is 8.67. The van der Waals surface area contributed by atoms with Gasteiger partial charge in [0.05, 0.1) is 5.69 Å². The number of phenolic OH excluding ortho intramolecular Hbond substituents is 1. The zero-order valence-electron chi connectivity index (χ0n) is 17.5. The fraction of sp³-hybridized carbons (Fsp3) is 0.545. The maximum Gasteiger partial charge on any atom is 0.414 e. The van der Waals surface area contributed by atoms with Crippen LogP contribution in [0.4, 0.5) is 10.5 Å². The lowest BCUT2D eigenvalue weighted by molar-refractivity contribution is -0.115. The second-order valence-electron chi connectivity index (χ2n) is 8.36. The molecular weight excluding hydrogens is 356 g/mol. The molecule has 1 aliphatic carbocycles. The Labute approximate surface area is 167 Å². The van der Waals surface area contributed by atoms with Crippen LogP contribution in [-0.2, 0) is 9.53 Å². The Morgan fingerprint density at radius 1 is 1.36 bits per heavy atom. The molecule has 0 saturated heterocycles. The number of benzene rings is 1. The average Bonchev–Trinajstić information content (AvgIpc) is 2.61. The van der Waals surface area contributed by atoms with Crippen molar-refractivity contribution < 1.29 is 19.4 Å². The predicted octanol–water partition coefficient (Wildman–Crippen LogP) is 4.47. The van der Waals surface area contributed by atoms with E-state index in [0.717, 1.165) is 31.2 Å². The molecule has 2 amide bonds. The molecule has 2 unspecified atom stereocenters. The Kier molecular flexibility index (Phi) is 6.75. The molecule has 1 aromatic rings. The van der Waals surface area contributed by atoms with E-state index >= 15 is 0 Å². The first-order chi connectivity index (χ1) is 13.0. The van der Waals surface area contributed by atoms with Crippen LogP contribution in [0.2, 0.25) is 0 Å². The van der Waals surface area contributed by atoms with Crippen molar-refractivity contribution in [2.45, 2.75) is 64.9 Å². The van der Waals surface area contributed by atoms with Gasteiger partial charge in [0, 0.05) is 18.7 Å². The minimum Gasteiger partial charge on any atom is -0.508 e. The Morgan fingerprint density at radius 2 is 2.04 bits per heavy atom. The summed E-state index contributed by atoms with van der Waals surface area (Å²) >= 11 is 0. The van der Waals surface area contributed by atoms with Gasteiger partial charge in [-0.05, 0) is 69.9 Å². The van der Waals surface area contributed by atoms with Crippen molar-refractivity contribution in [2.24, 2.45) is 11.7 Å². The van der Waals surface area contributed by atoms with Crippen LogP contribution in [0.5, 0.6) is 5.75 Å². The van der Waals surface area contributed by atoms with Gasteiger partial charge in [0.25, 0.3) is 0 Å². The second-order valence-corrected chi connectivity index (χ2v) is 8.36. The Morgan fingerprint density at radius 3 is 2.61 bits per heavy atom. The highest BCUT2D eigenvalue weighted by Crippen LogP contribution is 2.43. The number of aromatic hydroxyl groups is 1. The fourth-order valence-electron chi connectivity index (χ4n) is 3.89. The molecule has 0 radical (unpaired) electrons. The Balaban J connectivity index is 2.46. The highest BCUT2D eigenvalue weighted by molar-refractivity contribution is 5.93. The summed E-state index contributed by atoms with van der Waals surface area (Å²) in [5, 5.41) is 10.0. The zero-order valence-corrected chi connectivity index (χ0v) is 17.5. The van der Waals surface area contributed by atoms with Crippen molar-refractivity contribution >= 4 is 17.7 Å². The lowest BCUT2D eigenvalue weighted by atomic mass is 9.73. The number of carbonyl (C=O) groups excluding carboxylic acids is 2. The van der Waals surface area contributed by atoms with Crippen LogP contribution in [-0.4, -0.2) is 29.8 Å². The minimum absolute atomic E-state index is 0.000429. The van der Waals surface area contributed by atoms with Crippen LogP contribution < -0.4 is 10.6 Å². The van der Waals surface area contributed by atoms with E-state index < -0.39 is 11.7 Å². The normalized spacial score (nSPS) is 18.2. The largest absolute Gasteiger partial charge is 0.508 e. The molecule has 6 heteroatoms.